The molecule has 0 radical (unpaired) electrons. The van der Waals surface area contributed by atoms with Gasteiger partial charge in [-0.25, -0.2) is 4.98 Å². The second-order valence-electron chi connectivity index (χ2n) is 6.11. The molecule has 4 heteroatoms. The minimum absolute atomic E-state index is 0.121. The number of aliphatic hydroxyl groups is 1. The van der Waals surface area contributed by atoms with Gasteiger partial charge in [-0.15, -0.1) is 0 Å². The van der Waals surface area contributed by atoms with Crippen LogP contribution in [0.25, 0.3) is 11.3 Å². The largest absolute Gasteiger partial charge is 0.388 e. The number of imidazole rings is 1. The van der Waals surface area contributed by atoms with E-state index < -0.39 is 6.10 Å². The molecule has 1 aromatic carbocycles. The third-order valence-electron chi connectivity index (χ3n) is 5.05. The van der Waals surface area contributed by atoms with E-state index in [0.717, 1.165) is 17.7 Å². The predicted molar refractivity (Wildman–Crippen MR) is 82.2 cm³/mol. The van der Waals surface area contributed by atoms with Gasteiger partial charge < -0.3 is 9.67 Å². The van der Waals surface area contributed by atoms with Crippen LogP contribution in [0.1, 0.15) is 28.8 Å². The molecule has 22 heavy (non-hydrogen) atoms. The highest BCUT2D eigenvalue weighted by molar-refractivity contribution is 5.69. The number of aliphatic hydroxyl groups excluding tert-OH is 1. The van der Waals surface area contributed by atoms with Crippen molar-refractivity contribution in [3.05, 3.63) is 71.9 Å². The van der Waals surface area contributed by atoms with Crippen LogP contribution >= 0.6 is 0 Å². The van der Waals surface area contributed by atoms with Crippen LogP contribution in [0.15, 0.2) is 55.2 Å². The molecule has 1 aliphatic carbocycles. The number of aromatic nitrogens is 3. The first-order valence-electron chi connectivity index (χ1n) is 7.56. The monoisotopic (exact) mass is 289 g/mol. The van der Waals surface area contributed by atoms with Crippen LogP contribution in [0.5, 0.6) is 0 Å². The van der Waals surface area contributed by atoms with Crippen LogP contribution in [0.4, 0.5) is 0 Å². The molecule has 0 amide bonds. The summed E-state index contributed by atoms with van der Waals surface area (Å²) in [6, 6.07) is 10.6. The number of hydrogen-bond donors (Lipinski definition) is 1. The van der Waals surface area contributed by atoms with Crippen molar-refractivity contribution in [1.29, 1.82) is 0 Å². The molecular weight excluding hydrogens is 274 g/mol. The molecule has 108 valence electrons. The average Bonchev–Trinajstić information content (AvgIpc) is 3.21. The Kier molecular flexibility index (Phi) is 2.35. The SMILES string of the molecule is O[C@H]1c2cnccc2C[C@@H]1[C@H]1c2ccccc2-c2cncn21. The lowest BCUT2D eigenvalue weighted by Crippen LogP contribution is -2.21. The van der Waals surface area contributed by atoms with Crippen molar-refractivity contribution in [2.45, 2.75) is 18.6 Å². The van der Waals surface area contributed by atoms with Gasteiger partial charge in [0.25, 0.3) is 0 Å². The normalized spacial score (nSPS) is 24.9. The fraction of sp³-hybridized carbons (Fsp3) is 0.222. The van der Waals surface area contributed by atoms with Gasteiger partial charge in [-0.05, 0) is 23.6 Å². The van der Waals surface area contributed by atoms with E-state index in [1.807, 2.05) is 18.6 Å². The van der Waals surface area contributed by atoms with Gasteiger partial charge >= 0.3 is 0 Å². The highest BCUT2D eigenvalue weighted by atomic mass is 16.3. The van der Waals surface area contributed by atoms with Crippen molar-refractivity contribution >= 4 is 0 Å². The van der Waals surface area contributed by atoms with Crippen molar-refractivity contribution in [3.63, 3.8) is 0 Å². The molecule has 0 saturated heterocycles. The number of hydrogen-bond acceptors (Lipinski definition) is 3. The molecule has 5 rings (SSSR count). The van der Waals surface area contributed by atoms with E-state index >= 15 is 0 Å². The summed E-state index contributed by atoms with van der Waals surface area (Å²) in [5.74, 6) is 0.121. The topological polar surface area (TPSA) is 50.9 Å². The first-order valence-corrected chi connectivity index (χ1v) is 7.56. The summed E-state index contributed by atoms with van der Waals surface area (Å²) < 4.78 is 2.21. The zero-order valence-corrected chi connectivity index (χ0v) is 11.9. The van der Waals surface area contributed by atoms with Gasteiger partial charge in [0, 0.05) is 29.4 Å². The van der Waals surface area contributed by atoms with Crippen molar-refractivity contribution in [1.82, 2.24) is 14.5 Å². The van der Waals surface area contributed by atoms with Crippen LogP contribution < -0.4 is 0 Å². The van der Waals surface area contributed by atoms with E-state index in [-0.39, 0.29) is 12.0 Å². The standard InChI is InChI=1S/C18H15N3O/c22-18-14(7-11-5-6-19-8-15(11)18)17-13-4-2-1-3-12(13)16-9-20-10-21(16)17/h1-6,8-10,14,17-18,22H,7H2/t14-,17-,18-/m1/s1. The van der Waals surface area contributed by atoms with Gasteiger partial charge in [0.2, 0.25) is 0 Å². The predicted octanol–water partition coefficient (Wildman–Crippen LogP) is 2.75. The van der Waals surface area contributed by atoms with Gasteiger partial charge in [-0.3, -0.25) is 4.98 Å². The molecule has 0 saturated carbocycles. The van der Waals surface area contributed by atoms with E-state index in [0.29, 0.717) is 0 Å². The minimum Gasteiger partial charge on any atom is -0.388 e. The summed E-state index contributed by atoms with van der Waals surface area (Å²) in [6.45, 7) is 0. The Balaban J connectivity index is 1.66. The Bertz CT molecular complexity index is 870. The Hall–Kier alpha value is -2.46. The Morgan fingerprint density at radius 2 is 1.95 bits per heavy atom. The summed E-state index contributed by atoms with van der Waals surface area (Å²) in [6.07, 6.45) is 7.79. The lowest BCUT2D eigenvalue weighted by molar-refractivity contribution is 0.101. The number of rotatable bonds is 1. The first kappa shape index (κ1) is 12.1. The molecule has 0 spiro atoms. The van der Waals surface area contributed by atoms with E-state index in [4.69, 9.17) is 0 Å². The molecule has 3 heterocycles. The molecule has 3 aromatic rings. The smallest absolute Gasteiger partial charge is 0.0956 e. The van der Waals surface area contributed by atoms with Gasteiger partial charge in [0.05, 0.1) is 30.4 Å². The van der Waals surface area contributed by atoms with Crippen molar-refractivity contribution in [2.24, 2.45) is 5.92 Å². The molecule has 2 aliphatic rings. The maximum Gasteiger partial charge on any atom is 0.0956 e. The third-order valence-corrected chi connectivity index (χ3v) is 5.05. The zero-order valence-electron chi connectivity index (χ0n) is 11.9. The minimum atomic E-state index is -0.477. The first-order chi connectivity index (χ1) is 10.8. The van der Waals surface area contributed by atoms with Crippen LogP contribution in [0.3, 0.4) is 0 Å². The Morgan fingerprint density at radius 1 is 1.05 bits per heavy atom. The second-order valence-corrected chi connectivity index (χ2v) is 6.11. The fourth-order valence-electron chi connectivity index (χ4n) is 4.08. The molecule has 0 unspecified atom stereocenters. The molecule has 1 aliphatic heterocycles. The molecule has 0 fully saturated rings. The quantitative estimate of drug-likeness (QED) is 0.749. The van der Waals surface area contributed by atoms with Gasteiger partial charge in [0.15, 0.2) is 0 Å². The summed E-state index contributed by atoms with van der Waals surface area (Å²) in [5, 5.41) is 10.8. The fourth-order valence-corrected chi connectivity index (χ4v) is 4.08. The number of nitrogens with zero attached hydrogens (tertiary/aromatic N) is 3. The molecule has 0 bridgehead atoms. The molecule has 2 aromatic heterocycles. The number of benzene rings is 1. The van der Waals surface area contributed by atoms with Crippen LogP contribution in [-0.2, 0) is 6.42 Å². The Labute approximate surface area is 128 Å². The van der Waals surface area contributed by atoms with E-state index in [1.54, 1.807) is 12.4 Å². The van der Waals surface area contributed by atoms with E-state index in [1.165, 1.54) is 16.7 Å². The molecule has 1 N–H and O–H groups in total. The summed E-state index contributed by atoms with van der Waals surface area (Å²) >= 11 is 0. The van der Waals surface area contributed by atoms with Gasteiger partial charge in [0.1, 0.15) is 0 Å². The second kappa shape index (κ2) is 4.27. The maximum absolute atomic E-state index is 10.8. The van der Waals surface area contributed by atoms with E-state index in [9.17, 15) is 5.11 Å². The lowest BCUT2D eigenvalue weighted by atomic mass is 9.88. The van der Waals surface area contributed by atoms with E-state index in [2.05, 4.69) is 38.8 Å². The highest BCUT2D eigenvalue weighted by Gasteiger charge is 2.42. The maximum atomic E-state index is 10.8. The van der Waals surface area contributed by atoms with Crippen LogP contribution in [0.2, 0.25) is 0 Å². The van der Waals surface area contributed by atoms with Crippen molar-refractivity contribution < 1.29 is 5.11 Å². The highest BCUT2D eigenvalue weighted by Crippen LogP contribution is 2.50. The average molecular weight is 289 g/mol. The summed E-state index contributed by atoms with van der Waals surface area (Å²) in [7, 11) is 0. The van der Waals surface area contributed by atoms with Crippen molar-refractivity contribution in [3.8, 4) is 11.3 Å². The van der Waals surface area contributed by atoms with Gasteiger partial charge in [-0.2, -0.15) is 0 Å². The molecule has 4 nitrogen and oxygen atoms in total. The van der Waals surface area contributed by atoms with Gasteiger partial charge in [-0.1, -0.05) is 24.3 Å². The summed E-state index contributed by atoms with van der Waals surface area (Å²) in [4.78, 5) is 8.47. The summed E-state index contributed by atoms with van der Waals surface area (Å²) in [5.41, 5.74) is 5.83. The number of pyridine rings is 1. The van der Waals surface area contributed by atoms with Crippen LogP contribution in [0, 0.1) is 5.92 Å². The van der Waals surface area contributed by atoms with Crippen LogP contribution in [-0.4, -0.2) is 19.6 Å². The Morgan fingerprint density at radius 3 is 2.86 bits per heavy atom. The van der Waals surface area contributed by atoms with Crippen molar-refractivity contribution in [2.75, 3.05) is 0 Å². The zero-order chi connectivity index (χ0) is 14.7. The lowest BCUT2D eigenvalue weighted by Gasteiger charge is -2.25. The molecular formula is C18H15N3O. The third kappa shape index (κ3) is 1.45. The number of fused-ring (bicyclic) bond motifs is 4. The molecule has 3 atom stereocenters.